The predicted molar refractivity (Wildman–Crippen MR) is 56.7 cm³/mol. The minimum absolute atomic E-state index is 0.754. The van der Waals surface area contributed by atoms with Gasteiger partial charge in [-0.05, 0) is 0 Å². The molecule has 2 aromatic rings. The number of rotatable bonds is 1. The summed E-state index contributed by atoms with van der Waals surface area (Å²) in [5.41, 5.74) is 3.13. The maximum absolute atomic E-state index is 4.32. The molecule has 0 N–H and O–H groups in total. The van der Waals surface area contributed by atoms with E-state index < -0.39 is 0 Å². The first-order valence-electron chi connectivity index (χ1n) is 4.71. The molecule has 0 saturated heterocycles. The molecule has 2 aromatic heterocycles. The molecule has 15 heavy (non-hydrogen) atoms. The van der Waals surface area contributed by atoms with Crippen molar-refractivity contribution in [3.8, 4) is 0 Å². The van der Waals surface area contributed by atoms with Crippen LogP contribution >= 0.6 is 11.3 Å². The molecule has 0 aromatic carbocycles. The van der Waals surface area contributed by atoms with E-state index in [4.69, 9.17) is 0 Å². The topological polar surface area (TPSA) is 54.8 Å². The molecule has 0 spiro atoms. The number of nitrogens with zero attached hydrogens (tertiary/aromatic N) is 5. The molecule has 0 bridgehead atoms. The summed E-state index contributed by atoms with van der Waals surface area (Å²) < 4.78 is 0. The van der Waals surface area contributed by atoms with Crippen molar-refractivity contribution in [3.05, 3.63) is 28.7 Å². The molecule has 3 heterocycles. The zero-order chi connectivity index (χ0) is 10.1. The lowest BCUT2D eigenvalue weighted by atomic mass is 10.2. The van der Waals surface area contributed by atoms with Crippen molar-refractivity contribution < 1.29 is 0 Å². The summed E-state index contributed by atoms with van der Waals surface area (Å²) in [6.45, 7) is 1.80. The first-order valence-corrected chi connectivity index (χ1v) is 5.59. The monoisotopic (exact) mass is 219 g/mol. The van der Waals surface area contributed by atoms with E-state index in [1.807, 2.05) is 5.51 Å². The van der Waals surface area contributed by atoms with E-state index in [9.17, 15) is 0 Å². The summed E-state index contributed by atoms with van der Waals surface area (Å²) >= 11 is 1.70. The molecule has 3 rings (SSSR count). The molecule has 5 nitrogen and oxygen atoms in total. The Kier molecular flexibility index (Phi) is 2.06. The van der Waals surface area contributed by atoms with E-state index in [1.54, 1.807) is 11.3 Å². The van der Waals surface area contributed by atoms with Crippen molar-refractivity contribution >= 4 is 17.3 Å². The van der Waals surface area contributed by atoms with Crippen LogP contribution in [0.1, 0.15) is 10.6 Å². The third-order valence-electron chi connectivity index (χ3n) is 2.44. The average Bonchev–Trinajstić information content (AvgIpc) is 2.77. The number of thiazole rings is 1. The van der Waals surface area contributed by atoms with E-state index in [1.165, 1.54) is 23.2 Å². The van der Waals surface area contributed by atoms with Crippen LogP contribution in [0.2, 0.25) is 0 Å². The number of hydrogen-bond donors (Lipinski definition) is 0. The van der Waals surface area contributed by atoms with Crippen molar-refractivity contribution in [2.75, 3.05) is 11.4 Å². The Hall–Kier alpha value is -1.56. The molecule has 6 heteroatoms. The molecule has 0 amide bonds. The normalized spacial score (nSPS) is 15.1. The van der Waals surface area contributed by atoms with E-state index in [-0.39, 0.29) is 0 Å². The van der Waals surface area contributed by atoms with Crippen LogP contribution in [0.3, 0.4) is 0 Å². The maximum atomic E-state index is 4.32. The Labute approximate surface area is 90.9 Å². The van der Waals surface area contributed by atoms with Gasteiger partial charge < -0.3 is 4.90 Å². The number of hydrogen-bond acceptors (Lipinski definition) is 6. The minimum Gasteiger partial charge on any atom is -0.335 e. The zero-order valence-electron chi connectivity index (χ0n) is 8.00. The molecule has 0 fully saturated rings. The highest BCUT2D eigenvalue weighted by Gasteiger charge is 2.19. The largest absolute Gasteiger partial charge is 0.335 e. The van der Waals surface area contributed by atoms with Gasteiger partial charge in [-0.25, -0.2) is 19.9 Å². The van der Waals surface area contributed by atoms with Gasteiger partial charge >= 0.3 is 0 Å². The molecular formula is C9H9N5S. The highest BCUT2D eigenvalue weighted by Crippen LogP contribution is 2.23. The van der Waals surface area contributed by atoms with Gasteiger partial charge in [0.05, 0.1) is 17.7 Å². The summed E-state index contributed by atoms with van der Waals surface area (Å²) in [4.78, 5) is 19.9. The highest BCUT2D eigenvalue weighted by atomic mass is 32.1. The minimum atomic E-state index is 0.754. The lowest BCUT2D eigenvalue weighted by Gasteiger charge is -2.25. The molecule has 0 aliphatic carbocycles. The van der Waals surface area contributed by atoms with Crippen LogP contribution in [-0.4, -0.2) is 26.5 Å². The maximum Gasteiger partial charge on any atom is 0.228 e. The quantitative estimate of drug-likeness (QED) is 0.713. The van der Waals surface area contributed by atoms with Crippen molar-refractivity contribution in [3.63, 3.8) is 0 Å². The smallest absolute Gasteiger partial charge is 0.228 e. The number of anilines is 1. The van der Waals surface area contributed by atoms with Gasteiger partial charge in [-0.3, -0.25) is 0 Å². The fraction of sp³-hybridized carbons (Fsp3) is 0.333. The van der Waals surface area contributed by atoms with Crippen LogP contribution in [0.15, 0.2) is 18.2 Å². The lowest BCUT2D eigenvalue weighted by molar-refractivity contribution is 0.702. The third-order valence-corrected chi connectivity index (χ3v) is 3.30. The predicted octanol–water partition coefficient (Wildman–Crippen LogP) is 0.891. The summed E-state index contributed by atoms with van der Waals surface area (Å²) in [5.74, 6) is 0.754. The van der Waals surface area contributed by atoms with E-state index in [0.717, 1.165) is 25.5 Å². The number of fused-ring (bicyclic) bond motifs is 1. The Morgan fingerprint density at radius 2 is 2.07 bits per heavy atom. The molecule has 0 radical (unpaired) electrons. The Morgan fingerprint density at radius 1 is 1.20 bits per heavy atom. The second-order valence-electron chi connectivity index (χ2n) is 3.33. The summed E-state index contributed by atoms with van der Waals surface area (Å²) in [6.07, 6.45) is 4.04. The number of aromatic nitrogens is 4. The summed E-state index contributed by atoms with van der Waals surface area (Å²) in [5, 5.41) is 0. The molecule has 1 aliphatic rings. The summed E-state index contributed by atoms with van der Waals surface area (Å²) in [7, 11) is 0. The van der Waals surface area contributed by atoms with Gasteiger partial charge in [-0.15, -0.1) is 11.3 Å². The molecule has 0 unspecified atom stereocenters. The summed E-state index contributed by atoms with van der Waals surface area (Å²) in [6, 6.07) is 0. The van der Waals surface area contributed by atoms with Crippen LogP contribution in [0.5, 0.6) is 0 Å². The van der Waals surface area contributed by atoms with Gasteiger partial charge in [-0.2, -0.15) is 0 Å². The van der Waals surface area contributed by atoms with Crippen LogP contribution in [-0.2, 0) is 13.0 Å². The van der Waals surface area contributed by atoms with Crippen molar-refractivity contribution in [1.29, 1.82) is 0 Å². The van der Waals surface area contributed by atoms with E-state index in [0.29, 0.717) is 0 Å². The van der Waals surface area contributed by atoms with Crippen LogP contribution in [0, 0.1) is 0 Å². The Balaban J connectivity index is 1.88. The van der Waals surface area contributed by atoms with Gasteiger partial charge in [0, 0.05) is 17.8 Å². The first kappa shape index (κ1) is 8.72. The molecule has 1 aliphatic heterocycles. The van der Waals surface area contributed by atoms with Gasteiger partial charge in [0.15, 0.2) is 0 Å². The average molecular weight is 219 g/mol. The van der Waals surface area contributed by atoms with Crippen molar-refractivity contribution in [2.24, 2.45) is 0 Å². The van der Waals surface area contributed by atoms with Gasteiger partial charge in [0.1, 0.15) is 12.7 Å². The van der Waals surface area contributed by atoms with Gasteiger partial charge in [0.2, 0.25) is 5.95 Å². The van der Waals surface area contributed by atoms with E-state index >= 15 is 0 Å². The lowest BCUT2D eigenvalue weighted by Crippen LogP contribution is -2.31. The SMILES string of the molecule is c1ncnc(N2CCc3ncsc3C2)n1. The second kappa shape index (κ2) is 3.54. The second-order valence-corrected chi connectivity index (χ2v) is 4.27. The van der Waals surface area contributed by atoms with Crippen LogP contribution < -0.4 is 4.90 Å². The van der Waals surface area contributed by atoms with Crippen LogP contribution in [0.25, 0.3) is 0 Å². The molecule has 76 valence electrons. The van der Waals surface area contributed by atoms with Crippen molar-refractivity contribution in [2.45, 2.75) is 13.0 Å². The zero-order valence-corrected chi connectivity index (χ0v) is 8.81. The first-order chi connectivity index (χ1) is 7.43. The van der Waals surface area contributed by atoms with Crippen LogP contribution in [0.4, 0.5) is 5.95 Å². The standard InChI is InChI=1S/C9H9N5S/c1-2-14(9-11-4-10-5-12-9)3-8-7(1)13-6-15-8/h4-6H,1-3H2. The Bertz CT molecular complexity index is 455. The third kappa shape index (κ3) is 1.56. The molecule has 0 saturated carbocycles. The van der Waals surface area contributed by atoms with E-state index in [2.05, 4.69) is 24.8 Å². The van der Waals surface area contributed by atoms with Gasteiger partial charge in [-0.1, -0.05) is 0 Å². The van der Waals surface area contributed by atoms with Crippen molar-refractivity contribution in [1.82, 2.24) is 19.9 Å². The molecular weight excluding hydrogens is 210 g/mol. The van der Waals surface area contributed by atoms with Gasteiger partial charge in [0.25, 0.3) is 0 Å². The fourth-order valence-electron chi connectivity index (χ4n) is 1.69. The Morgan fingerprint density at radius 3 is 2.93 bits per heavy atom. The fourth-order valence-corrected chi connectivity index (χ4v) is 2.51. The molecule has 0 atom stereocenters. The highest BCUT2D eigenvalue weighted by molar-refractivity contribution is 7.09.